The zero-order valence-electron chi connectivity index (χ0n) is 6.47. The molecule has 0 saturated heterocycles. The highest BCUT2D eigenvalue weighted by Gasteiger charge is 2.24. The van der Waals surface area contributed by atoms with Crippen LogP contribution in [0.25, 0.3) is 0 Å². The Morgan fingerprint density at radius 3 is 2.11 bits per heavy atom. The van der Waals surface area contributed by atoms with Crippen molar-refractivity contribution in [2.45, 2.75) is 26.4 Å². The van der Waals surface area contributed by atoms with Crippen LogP contribution >= 0.6 is 0 Å². The molecule has 54 valence electrons. The van der Waals surface area contributed by atoms with Crippen LogP contribution in [0.2, 0.25) is 0 Å². The third-order valence-electron chi connectivity index (χ3n) is 1.83. The normalized spacial score (nSPS) is 15.1. The van der Waals surface area contributed by atoms with Crippen molar-refractivity contribution in [2.75, 3.05) is 7.11 Å². The van der Waals surface area contributed by atoms with Crippen LogP contribution in [0.15, 0.2) is 0 Å². The first-order valence-electron chi connectivity index (χ1n) is 3.05. The Balaban J connectivity index is 3.95. The lowest BCUT2D eigenvalue weighted by molar-refractivity contribution is -0.119. The van der Waals surface area contributed by atoms with Gasteiger partial charge in [0.2, 0.25) is 0 Å². The van der Waals surface area contributed by atoms with Gasteiger partial charge in [0, 0.05) is 13.0 Å². The van der Waals surface area contributed by atoms with Crippen LogP contribution in [0.3, 0.4) is 0 Å². The number of methoxy groups -OCH3 is 1. The molecule has 0 bridgehead atoms. The summed E-state index contributed by atoms with van der Waals surface area (Å²) in [5.74, 6) is -0.0394. The van der Waals surface area contributed by atoms with Gasteiger partial charge in [-0.3, -0.25) is 0 Å². The van der Waals surface area contributed by atoms with Gasteiger partial charge in [-0.1, -0.05) is 6.92 Å². The SMILES string of the molecule is COC(C)(C)C(C)C=O. The molecule has 0 heterocycles. The van der Waals surface area contributed by atoms with Crippen LogP contribution in [0.5, 0.6) is 0 Å². The lowest BCUT2D eigenvalue weighted by Crippen LogP contribution is -2.32. The number of hydrogen-bond donors (Lipinski definition) is 0. The van der Waals surface area contributed by atoms with E-state index in [2.05, 4.69) is 0 Å². The number of rotatable bonds is 3. The van der Waals surface area contributed by atoms with Gasteiger partial charge in [0.05, 0.1) is 5.60 Å². The van der Waals surface area contributed by atoms with E-state index in [0.29, 0.717) is 0 Å². The molecular weight excluding hydrogens is 116 g/mol. The van der Waals surface area contributed by atoms with Crippen molar-refractivity contribution >= 4 is 6.29 Å². The maximum atomic E-state index is 10.2. The number of carbonyl (C=O) groups is 1. The molecule has 0 N–H and O–H groups in total. The molecule has 0 aromatic carbocycles. The Hall–Kier alpha value is -0.370. The average Bonchev–Trinajstić information content (AvgIpc) is 1.86. The van der Waals surface area contributed by atoms with Crippen molar-refractivity contribution in [2.24, 2.45) is 5.92 Å². The third kappa shape index (κ3) is 2.14. The molecule has 0 spiro atoms. The molecule has 1 unspecified atom stereocenters. The number of aldehydes is 1. The summed E-state index contributed by atoms with van der Waals surface area (Å²) in [6, 6.07) is 0. The average molecular weight is 130 g/mol. The zero-order valence-corrected chi connectivity index (χ0v) is 6.47. The molecule has 0 amide bonds. The molecular formula is C7H14O2. The molecule has 0 aromatic heterocycles. The van der Waals surface area contributed by atoms with E-state index in [1.165, 1.54) is 0 Å². The molecule has 2 heteroatoms. The molecule has 0 saturated carbocycles. The summed E-state index contributed by atoms with van der Waals surface area (Å²) in [5.41, 5.74) is -0.318. The minimum absolute atomic E-state index is 0.0394. The van der Waals surface area contributed by atoms with Gasteiger partial charge >= 0.3 is 0 Å². The van der Waals surface area contributed by atoms with Gasteiger partial charge < -0.3 is 9.53 Å². The Kier molecular flexibility index (Phi) is 2.85. The van der Waals surface area contributed by atoms with E-state index in [1.54, 1.807) is 7.11 Å². The molecule has 1 atom stereocenters. The topological polar surface area (TPSA) is 26.3 Å². The summed E-state index contributed by atoms with van der Waals surface area (Å²) in [6.45, 7) is 5.63. The van der Waals surface area contributed by atoms with Crippen LogP contribution in [-0.4, -0.2) is 19.0 Å². The Bertz CT molecular complexity index is 97.1. The molecule has 9 heavy (non-hydrogen) atoms. The molecule has 0 radical (unpaired) electrons. The van der Waals surface area contributed by atoms with Crippen LogP contribution in [0.4, 0.5) is 0 Å². The molecule has 0 aliphatic rings. The van der Waals surface area contributed by atoms with Gasteiger partial charge in [0.25, 0.3) is 0 Å². The summed E-state index contributed by atoms with van der Waals surface area (Å²) in [7, 11) is 1.61. The Labute approximate surface area is 56.2 Å². The Morgan fingerprint density at radius 1 is 1.56 bits per heavy atom. The molecule has 2 nitrogen and oxygen atoms in total. The largest absolute Gasteiger partial charge is 0.378 e. The van der Waals surface area contributed by atoms with Crippen molar-refractivity contribution in [3.63, 3.8) is 0 Å². The fraction of sp³-hybridized carbons (Fsp3) is 0.857. The highest BCUT2D eigenvalue weighted by Crippen LogP contribution is 2.17. The Morgan fingerprint density at radius 2 is 2.00 bits per heavy atom. The van der Waals surface area contributed by atoms with Gasteiger partial charge in [-0.25, -0.2) is 0 Å². The van der Waals surface area contributed by atoms with Crippen molar-refractivity contribution < 1.29 is 9.53 Å². The second kappa shape index (κ2) is 2.97. The van der Waals surface area contributed by atoms with Crippen molar-refractivity contribution in [1.82, 2.24) is 0 Å². The lowest BCUT2D eigenvalue weighted by atomic mass is 9.94. The minimum Gasteiger partial charge on any atom is -0.378 e. The number of hydrogen-bond acceptors (Lipinski definition) is 2. The fourth-order valence-corrected chi connectivity index (χ4v) is 0.350. The van der Waals surface area contributed by atoms with E-state index < -0.39 is 0 Å². The lowest BCUT2D eigenvalue weighted by Gasteiger charge is -2.25. The van der Waals surface area contributed by atoms with Crippen LogP contribution in [-0.2, 0) is 9.53 Å². The van der Waals surface area contributed by atoms with E-state index in [9.17, 15) is 4.79 Å². The van der Waals surface area contributed by atoms with E-state index in [-0.39, 0.29) is 11.5 Å². The maximum Gasteiger partial charge on any atom is 0.125 e. The highest BCUT2D eigenvalue weighted by atomic mass is 16.5. The highest BCUT2D eigenvalue weighted by molar-refractivity contribution is 5.54. The van der Waals surface area contributed by atoms with Crippen molar-refractivity contribution in [1.29, 1.82) is 0 Å². The minimum atomic E-state index is -0.318. The predicted octanol–water partition coefficient (Wildman–Crippen LogP) is 1.25. The second-order valence-electron chi connectivity index (χ2n) is 2.73. The smallest absolute Gasteiger partial charge is 0.125 e. The molecule has 0 fully saturated rings. The van der Waals surface area contributed by atoms with Gasteiger partial charge in [-0.05, 0) is 13.8 Å². The summed E-state index contributed by atoms with van der Waals surface area (Å²) in [5, 5.41) is 0. The molecule has 0 aliphatic heterocycles. The van der Waals surface area contributed by atoms with E-state index >= 15 is 0 Å². The van der Waals surface area contributed by atoms with Gasteiger partial charge in [-0.2, -0.15) is 0 Å². The first-order valence-corrected chi connectivity index (χ1v) is 3.05. The number of carbonyl (C=O) groups excluding carboxylic acids is 1. The zero-order chi connectivity index (χ0) is 7.49. The monoisotopic (exact) mass is 130 g/mol. The van der Waals surface area contributed by atoms with Crippen LogP contribution in [0, 0.1) is 5.92 Å². The first kappa shape index (κ1) is 8.63. The van der Waals surface area contributed by atoms with E-state index in [1.807, 2.05) is 20.8 Å². The summed E-state index contributed by atoms with van der Waals surface area (Å²) in [4.78, 5) is 10.2. The summed E-state index contributed by atoms with van der Waals surface area (Å²) in [6.07, 6.45) is 0.906. The summed E-state index contributed by atoms with van der Waals surface area (Å²) >= 11 is 0. The van der Waals surface area contributed by atoms with Crippen molar-refractivity contribution in [3.8, 4) is 0 Å². The van der Waals surface area contributed by atoms with Crippen LogP contribution in [0.1, 0.15) is 20.8 Å². The fourth-order valence-electron chi connectivity index (χ4n) is 0.350. The predicted molar refractivity (Wildman–Crippen MR) is 36.3 cm³/mol. The molecule has 0 aromatic rings. The van der Waals surface area contributed by atoms with Gasteiger partial charge in [0.15, 0.2) is 0 Å². The first-order chi connectivity index (χ1) is 4.04. The molecule has 0 aliphatic carbocycles. The van der Waals surface area contributed by atoms with E-state index in [0.717, 1.165) is 6.29 Å². The standard InChI is InChI=1S/C7H14O2/c1-6(5-8)7(2,3)9-4/h5-6H,1-4H3. The van der Waals surface area contributed by atoms with Crippen LogP contribution < -0.4 is 0 Å². The molecule has 0 rings (SSSR count). The van der Waals surface area contributed by atoms with E-state index in [4.69, 9.17) is 4.74 Å². The van der Waals surface area contributed by atoms with Gasteiger partial charge in [0.1, 0.15) is 6.29 Å². The van der Waals surface area contributed by atoms with Crippen molar-refractivity contribution in [3.05, 3.63) is 0 Å². The quantitative estimate of drug-likeness (QED) is 0.537. The van der Waals surface area contributed by atoms with Gasteiger partial charge in [-0.15, -0.1) is 0 Å². The summed E-state index contributed by atoms with van der Waals surface area (Å²) < 4.78 is 5.06. The maximum absolute atomic E-state index is 10.2. The third-order valence-corrected chi connectivity index (χ3v) is 1.83. The second-order valence-corrected chi connectivity index (χ2v) is 2.73. The number of ether oxygens (including phenoxy) is 1.